The van der Waals surface area contributed by atoms with Crippen LogP contribution >= 0.6 is 0 Å². The van der Waals surface area contributed by atoms with Gasteiger partial charge in [0.15, 0.2) is 0 Å². The van der Waals surface area contributed by atoms with E-state index in [1.807, 2.05) is 18.2 Å². The summed E-state index contributed by atoms with van der Waals surface area (Å²) in [7, 11) is 0. The van der Waals surface area contributed by atoms with Gasteiger partial charge >= 0.3 is 0 Å². The SMILES string of the molecule is NCCOCCCNc1ccccn1. The second-order valence-corrected chi connectivity index (χ2v) is 2.90. The first-order valence-electron chi connectivity index (χ1n) is 4.86. The lowest BCUT2D eigenvalue weighted by Gasteiger charge is -2.05. The molecule has 1 rings (SSSR count). The van der Waals surface area contributed by atoms with Gasteiger partial charge < -0.3 is 15.8 Å². The van der Waals surface area contributed by atoms with Crippen LogP contribution in [-0.2, 0) is 4.74 Å². The van der Waals surface area contributed by atoms with Crippen molar-refractivity contribution in [1.29, 1.82) is 0 Å². The second kappa shape index (κ2) is 7.29. The third-order valence-electron chi connectivity index (χ3n) is 1.70. The molecule has 0 fully saturated rings. The van der Waals surface area contributed by atoms with Crippen LogP contribution in [0, 0.1) is 0 Å². The van der Waals surface area contributed by atoms with E-state index in [1.165, 1.54) is 0 Å². The Hall–Kier alpha value is -1.13. The van der Waals surface area contributed by atoms with E-state index in [2.05, 4.69) is 10.3 Å². The Bertz CT molecular complexity index is 228. The minimum Gasteiger partial charge on any atom is -0.380 e. The summed E-state index contributed by atoms with van der Waals surface area (Å²) in [5.41, 5.74) is 5.28. The van der Waals surface area contributed by atoms with Crippen LogP contribution in [0.4, 0.5) is 5.82 Å². The highest BCUT2D eigenvalue weighted by atomic mass is 16.5. The standard InChI is InChI=1S/C10H17N3O/c11-5-9-14-8-3-7-13-10-4-1-2-6-12-10/h1-2,4,6H,3,5,7-9,11H2,(H,12,13). The number of hydrogen-bond donors (Lipinski definition) is 2. The van der Waals surface area contributed by atoms with Crippen LogP contribution in [0.2, 0.25) is 0 Å². The molecular weight excluding hydrogens is 178 g/mol. The molecule has 0 aromatic carbocycles. The Morgan fingerprint density at radius 2 is 2.29 bits per heavy atom. The van der Waals surface area contributed by atoms with Crippen molar-refractivity contribution in [2.24, 2.45) is 5.73 Å². The van der Waals surface area contributed by atoms with Crippen LogP contribution in [0.25, 0.3) is 0 Å². The van der Waals surface area contributed by atoms with Gasteiger partial charge in [-0.25, -0.2) is 4.98 Å². The average molecular weight is 195 g/mol. The number of nitrogens with one attached hydrogen (secondary N) is 1. The predicted octanol–water partition coefficient (Wildman–Crippen LogP) is 0.859. The predicted molar refractivity (Wildman–Crippen MR) is 57.2 cm³/mol. The smallest absolute Gasteiger partial charge is 0.125 e. The van der Waals surface area contributed by atoms with Gasteiger partial charge in [-0.3, -0.25) is 0 Å². The highest BCUT2D eigenvalue weighted by molar-refractivity contribution is 5.32. The molecule has 3 N–H and O–H groups in total. The third-order valence-corrected chi connectivity index (χ3v) is 1.70. The largest absolute Gasteiger partial charge is 0.380 e. The fourth-order valence-corrected chi connectivity index (χ4v) is 1.04. The van der Waals surface area contributed by atoms with Gasteiger partial charge in [0.1, 0.15) is 5.82 Å². The molecule has 78 valence electrons. The van der Waals surface area contributed by atoms with Gasteiger partial charge in [0.2, 0.25) is 0 Å². The number of pyridine rings is 1. The quantitative estimate of drug-likeness (QED) is 0.633. The van der Waals surface area contributed by atoms with Gasteiger partial charge in [-0.2, -0.15) is 0 Å². The average Bonchev–Trinajstić information content (AvgIpc) is 2.25. The zero-order valence-corrected chi connectivity index (χ0v) is 8.28. The number of ether oxygens (including phenoxy) is 1. The van der Waals surface area contributed by atoms with E-state index < -0.39 is 0 Å². The molecule has 0 bridgehead atoms. The van der Waals surface area contributed by atoms with E-state index in [0.29, 0.717) is 13.2 Å². The molecule has 0 aliphatic heterocycles. The number of rotatable bonds is 7. The van der Waals surface area contributed by atoms with E-state index in [9.17, 15) is 0 Å². The monoisotopic (exact) mass is 195 g/mol. The minimum absolute atomic E-state index is 0.591. The number of nitrogens with two attached hydrogens (primary N) is 1. The van der Waals surface area contributed by atoms with Crippen molar-refractivity contribution in [2.75, 3.05) is 31.6 Å². The van der Waals surface area contributed by atoms with Crippen molar-refractivity contribution in [3.8, 4) is 0 Å². The topological polar surface area (TPSA) is 60.2 Å². The molecule has 1 aromatic rings. The lowest BCUT2D eigenvalue weighted by atomic mass is 10.4. The lowest BCUT2D eigenvalue weighted by Crippen LogP contribution is -2.11. The Balaban J connectivity index is 1.99. The minimum atomic E-state index is 0.591. The highest BCUT2D eigenvalue weighted by Gasteiger charge is 1.90. The Kier molecular flexibility index (Phi) is 5.70. The molecule has 0 atom stereocenters. The third kappa shape index (κ3) is 4.79. The summed E-state index contributed by atoms with van der Waals surface area (Å²) in [5, 5.41) is 3.20. The van der Waals surface area contributed by atoms with Crippen molar-refractivity contribution in [3.05, 3.63) is 24.4 Å². The van der Waals surface area contributed by atoms with E-state index in [-0.39, 0.29) is 0 Å². The van der Waals surface area contributed by atoms with Gasteiger partial charge in [-0.05, 0) is 18.6 Å². The molecule has 0 unspecified atom stereocenters. The number of hydrogen-bond acceptors (Lipinski definition) is 4. The number of anilines is 1. The normalized spacial score (nSPS) is 10.1. The first kappa shape index (κ1) is 10.9. The van der Waals surface area contributed by atoms with Crippen molar-refractivity contribution >= 4 is 5.82 Å². The van der Waals surface area contributed by atoms with E-state index in [4.69, 9.17) is 10.5 Å². The van der Waals surface area contributed by atoms with Crippen molar-refractivity contribution < 1.29 is 4.74 Å². The van der Waals surface area contributed by atoms with Gasteiger partial charge in [0, 0.05) is 25.9 Å². The Labute approximate surface area is 84.5 Å². The van der Waals surface area contributed by atoms with Crippen LogP contribution in [0.3, 0.4) is 0 Å². The van der Waals surface area contributed by atoms with Gasteiger partial charge in [0.05, 0.1) is 6.61 Å². The maximum atomic E-state index is 5.28. The van der Waals surface area contributed by atoms with Gasteiger partial charge in [-0.1, -0.05) is 6.07 Å². The van der Waals surface area contributed by atoms with Crippen molar-refractivity contribution in [3.63, 3.8) is 0 Å². The highest BCUT2D eigenvalue weighted by Crippen LogP contribution is 1.99. The summed E-state index contributed by atoms with van der Waals surface area (Å²) in [4.78, 5) is 4.14. The first-order chi connectivity index (χ1) is 6.93. The van der Waals surface area contributed by atoms with Crippen LogP contribution in [0.15, 0.2) is 24.4 Å². The molecule has 0 radical (unpaired) electrons. The summed E-state index contributed by atoms with van der Waals surface area (Å²) in [5.74, 6) is 0.909. The molecule has 0 aliphatic rings. The molecule has 0 spiro atoms. The van der Waals surface area contributed by atoms with Gasteiger partial charge in [-0.15, -0.1) is 0 Å². The number of nitrogens with zero attached hydrogens (tertiary/aromatic N) is 1. The van der Waals surface area contributed by atoms with E-state index in [1.54, 1.807) is 6.20 Å². The summed E-state index contributed by atoms with van der Waals surface area (Å²) in [6.45, 7) is 2.86. The van der Waals surface area contributed by atoms with Crippen LogP contribution < -0.4 is 11.1 Å². The fraction of sp³-hybridized carbons (Fsp3) is 0.500. The molecule has 1 heterocycles. The van der Waals surface area contributed by atoms with E-state index >= 15 is 0 Å². The molecule has 0 aliphatic carbocycles. The molecule has 4 nitrogen and oxygen atoms in total. The zero-order valence-electron chi connectivity index (χ0n) is 8.28. The Morgan fingerprint density at radius 3 is 3.00 bits per heavy atom. The fourth-order valence-electron chi connectivity index (χ4n) is 1.04. The molecule has 0 amide bonds. The van der Waals surface area contributed by atoms with Crippen LogP contribution in [-0.4, -0.2) is 31.3 Å². The first-order valence-corrected chi connectivity index (χ1v) is 4.86. The molecule has 4 heteroatoms. The second-order valence-electron chi connectivity index (χ2n) is 2.90. The Morgan fingerprint density at radius 1 is 1.36 bits per heavy atom. The summed E-state index contributed by atoms with van der Waals surface area (Å²) < 4.78 is 5.24. The molecule has 14 heavy (non-hydrogen) atoms. The molecule has 1 aromatic heterocycles. The maximum absolute atomic E-state index is 5.28. The molecular formula is C10H17N3O. The van der Waals surface area contributed by atoms with Crippen molar-refractivity contribution in [1.82, 2.24) is 4.98 Å². The van der Waals surface area contributed by atoms with Crippen LogP contribution in [0.1, 0.15) is 6.42 Å². The van der Waals surface area contributed by atoms with E-state index in [0.717, 1.165) is 25.4 Å². The summed E-state index contributed by atoms with van der Waals surface area (Å²) in [6.07, 6.45) is 2.74. The zero-order chi connectivity index (χ0) is 10.1. The molecule has 0 saturated heterocycles. The summed E-state index contributed by atoms with van der Waals surface area (Å²) >= 11 is 0. The molecule has 0 saturated carbocycles. The lowest BCUT2D eigenvalue weighted by molar-refractivity contribution is 0.141. The van der Waals surface area contributed by atoms with Gasteiger partial charge in [0.25, 0.3) is 0 Å². The maximum Gasteiger partial charge on any atom is 0.125 e. The number of aromatic nitrogens is 1. The summed E-state index contributed by atoms with van der Waals surface area (Å²) in [6, 6.07) is 5.80. The van der Waals surface area contributed by atoms with Crippen LogP contribution in [0.5, 0.6) is 0 Å². The van der Waals surface area contributed by atoms with Crippen molar-refractivity contribution in [2.45, 2.75) is 6.42 Å².